The minimum atomic E-state index is 0. The van der Waals surface area contributed by atoms with Crippen LogP contribution in [-0.4, -0.2) is 58.1 Å². The molecule has 1 unspecified atom stereocenters. The smallest absolute Gasteiger partial charge is 0.231 e. The van der Waals surface area contributed by atoms with Gasteiger partial charge in [-0.2, -0.15) is 0 Å². The van der Waals surface area contributed by atoms with Crippen LogP contribution in [0.15, 0.2) is 42.5 Å². The Morgan fingerprint density at radius 2 is 1.84 bits per heavy atom. The number of fused-ring (bicyclic) bond motifs is 1. The molecular formula is C22H26Cl2N6O2. The number of benzene rings is 2. The van der Waals surface area contributed by atoms with Crippen molar-refractivity contribution in [1.82, 2.24) is 25.1 Å². The number of ether oxygens (including phenoxy) is 2. The zero-order valence-corrected chi connectivity index (χ0v) is 19.4. The Balaban J connectivity index is 0.00000245. The fourth-order valence-corrected chi connectivity index (χ4v) is 4.53. The predicted molar refractivity (Wildman–Crippen MR) is 125 cm³/mol. The van der Waals surface area contributed by atoms with E-state index in [4.69, 9.17) is 21.1 Å². The summed E-state index contributed by atoms with van der Waals surface area (Å²) in [4.78, 5) is 4.85. The molecule has 2 aliphatic rings. The first-order valence-electron chi connectivity index (χ1n) is 10.6. The molecule has 2 aromatic carbocycles. The lowest BCUT2D eigenvalue weighted by Gasteiger charge is -2.39. The SMILES string of the molecule is CCC(c1nnnn1Cc1ccc2c(c1)OCO2)N1CCN(c2cccc(Cl)c2)CC1.Cl. The molecule has 1 saturated heterocycles. The molecule has 32 heavy (non-hydrogen) atoms. The Bertz CT molecular complexity index is 1050. The van der Waals surface area contributed by atoms with Gasteiger partial charge in [0.2, 0.25) is 6.79 Å². The molecule has 170 valence electrons. The quantitative estimate of drug-likeness (QED) is 0.535. The van der Waals surface area contributed by atoms with Gasteiger partial charge in [0, 0.05) is 36.9 Å². The van der Waals surface area contributed by atoms with E-state index in [0.717, 1.165) is 60.5 Å². The number of piperazine rings is 1. The summed E-state index contributed by atoms with van der Waals surface area (Å²) in [5.74, 6) is 2.46. The third-order valence-corrected chi connectivity index (χ3v) is 6.18. The van der Waals surface area contributed by atoms with Crippen molar-refractivity contribution in [3.8, 4) is 11.5 Å². The average Bonchev–Trinajstić information content (AvgIpc) is 3.44. The number of rotatable bonds is 6. The van der Waals surface area contributed by atoms with Gasteiger partial charge in [-0.05, 0) is 52.7 Å². The zero-order chi connectivity index (χ0) is 21.2. The Kier molecular flexibility index (Phi) is 7.03. The molecule has 0 amide bonds. The number of tetrazole rings is 1. The summed E-state index contributed by atoms with van der Waals surface area (Å²) in [6, 6.07) is 14.2. The van der Waals surface area contributed by atoms with E-state index in [-0.39, 0.29) is 25.2 Å². The monoisotopic (exact) mass is 476 g/mol. The zero-order valence-electron chi connectivity index (χ0n) is 17.9. The van der Waals surface area contributed by atoms with Crippen LogP contribution in [0.3, 0.4) is 0 Å². The standard InChI is InChI=1S/C22H25ClN6O2.ClH/c1-2-19(28-10-8-27(9-11-28)18-5-3-4-17(23)13-18)22-24-25-26-29(22)14-16-6-7-20-21(12-16)31-15-30-20;/h3-7,12-13,19H,2,8-11,14-15H2,1H3;1H. The van der Waals surface area contributed by atoms with Gasteiger partial charge < -0.3 is 14.4 Å². The summed E-state index contributed by atoms with van der Waals surface area (Å²) in [5, 5.41) is 13.4. The topological polar surface area (TPSA) is 68.5 Å². The number of hydrogen-bond acceptors (Lipinski definition) is 7. The molecule has 1 aromatic heterocycles. The van der Waals surface area contributed by atoms with Crippen LogP contribution in [0, 0.1) is 0 Å². The van der Waals surface area contributed by atoms with Crippen LogP contribution in [0.5, 0.6) is 11.5 Å². The van der Waals surface area contributed by atoms with E-state index in [1.807, 2.05) is 41.1 Å². The lowest BCUT2D eigenvalue weighted by molar-refractivity contribution is 0.169. The predicted octanol–water partition coefficient (Wildman–Crippen LogP) is 3.80. The highest BCUT2D eigenvalue weighted by atomic mass is 35.5. The fourth-order valence-electron chi connectivity index (χ4n) is 4.34. The van der Waals surface area contributed by atoms with Crippen LogP contribution in [0.4, 0.5) is 5.69 Å². The van der Waals surface area contributed by atoms with Crippen molar-refractivity contribution in [3.05, 3.63) is 58.9 Å². The van der Waals surface area contributed by atoms with Crippen LogP contribution in [0.2, 0.25) is 5.02 Å². The van der Waals surface area contributed by atoms with Crippen molar-refractivity contribution >= 4 is 29.7 Å². The molecule has 0 aliphatic carbocycles. The molecule has 0 spiro atoms. The van der Waals surface area contributed by atoms with Gasteiger partial charge in [0.1, 0.15) is 0 Å². The molecule has 5 rings (SSSR count). The maximum atomic E-state index is 6.17. The van der Waals surface area contributed by atoms with E-state index >= 15 is 0 Å². The van der Waals surface area contributed by atoms with Crippen LogP contribution >= 0.6 is 24.0 Å². The second-order valence-electron chi connectivity index (χ2n) is 7.81. The molecule has 0 bridgehead atoms. The lowest BCUT2D eigenvalue weighted by Crippen LogP contribution is -2.48. The van der Waals surface area contributed by atoms with Gasteiger partial charge in [0.15, 0.2) is 17.3 Å². The van der Waals surface area contributed by atoms with E-state index < -0.39 is 0 Å². The van der Waals surface area contributed by atoms with Crippen LogP contribution in [0.1, 0.15) is 30.8 Å². The molecule has 1 atom stereocenters. The van der Waals surface area contributed by atoms with Crippen molar-refractivity contribution in [2.75, 3.05) is 37.9 Å². The second-order valence-corrected chi connectivity index (χ2v) is 8.25. The summed E-state index contributed by atoms with van der Waals surface area (Å²) < 4.78 is 12.8. The van der Waals surface area contributed by atoms with E-state index in [0.29, 0.717) is 6.54 Å². The van der Waals surface area contributed by atoms with E-state index in [9.17, 15) is 0 Å². The molecule has 3 heterocycles. The van der Waals surface area contributed by atoms with Crippen molar-refractivity contribution in [2.45, 2.75) is 25.9 Å². The highest BCUT2D eigenvalue weighted by Gasteiger charge is 2.28. The van der Waals surface area contributed by atoms with E-state index in [1.165, 1.54) is 5.69 Å². The molecular weight excluding hydrogens is 451 g/mol. The summed E-state index contributed by atoms with van der Waals surface area (Å²) in [7, 11) is 0. The third kappa shape index (κ3) is 4.62. The van der Waals surface area contributed by atoms with E-state index in [1.54, 1.807) is 0 Å². The van der Waals surface area contributed by atoms with Crippen molar-refractivity contribution < 1.29 is 9.47 Å². The van der Waals surface area contributed by atoms with Gasteiger partial charge in [0.25, 0.3) is 0 Å². The van der Waals surface area contributed by atoms with Crippen LogP contribution in [0.25, 0.3) is 0 Å². The fraction of sp³-hybridized carbons (Fsp3) is 0.409. The van der Waals surface area contributed by atoms with Gasteiger partial charge in [-0.3, -0.25) is 4.90 Å². The van der Waals surface area contributed by atoms with Gasteiger partial charge in [-0.1, -0.05) is 30.7 Å². The van der Waals surface area contributed by atoms with Gasteiger partial charge in [-0.15, -0.1) is 17.5 Å². The van der Waals surface area contributed by atoms with Crippen molar-refractivity contribution in [3.63, 3.8) is 0 Å². The molecule has 3 aromatic rings. The number of anilines is 1. The summed E-state index contributed by atoms with van der Waals surface area (Å²) >= 11 is 6.17. The normalized spacial score (nSPS) is 16.6. The first kappa shape index (κ1) is 22.6. The first-order valence-corrected chi connectivity index (χ1v) is 11.0. The van der Waals surface area contributed by atoms with E-state index in [2.05, 4.69) is 38.3 Å². The molecule has 0 radical (unpaired) electrons. The minimum absolute atomic E-state index is 0. The summed E-state index contributed by atoms with van der Waals surface area (Å²) in [5.41, 5.74) is 2.26. The highest BCUT2D eigenvalue weighted by Crippen LogP contribution is 2.33. The third-order valence-electron chi connectivity index (χ3n) is 5.94. The Hall–Kier alpha value is -2.55. The number of nitrogens with zero attached hydrogens (tertiary/aromatic N) is 6. The number of hydrogen-bond donors (Lipinski definition) is 0. The highest BCUT2D eigenvalue weighted by molar-refractivity contribution is 6.30. The maximum absolute atomic E-state index is 6.17. The maximum Gasteiger partial charge on any atom is 0.231 e. The minimum Gasteiger partial charge on any atom is -0.454 e. The molecule has 2 aliphatic heterocycles. The molecule has 0 saturated carbocycles. The molecule has 10 heteroatoms. The van der Waals surface area contributed by atoms with Crippen LogP contribution in [-0.2, 0) is 6.54 Å². The average molecular weight is 477 g/mol. The molecule has 0 N–H and O–H groups in total. The van der Waals surface area contributed by atoms with Crippen molar-refractivity contribution in [2.24, 2.45) is 0 Å². The van der Waals surface area contributed by atoms with Gasteiger partial charge in [0.05, 0.1) is 12.6 Å². The largest absolute Gasteiger partial charge is 0.454 e. The molecule has 8 nitrogen and oxygen atoms in total. The first-order chi connectivity index (χ1) is 15.2. The second kappa shape index (κ2) is 9.94. The Labute approximate surface area is 198 Å². The Morgan fingerprint density at radius 1 is 1.03 bits per heavy atom. The lowest BCUT2D eigenvalue weighted by atomic mass is 10.1. The molecule has 1 fully saturated rings. The summed E-state index contributed by atoms with van der Waals surface area (Å²) in [6.07, 6.45) is 0.943. The van der Waals surface area contributed by atoms with Crippen molar-refractivity contribution in [1.29, 1.82) is 0 Å². The van der Waals surface area contributed by atoms with Gasteiger partial charge >= 0.3 is 0 Å². The van der Waals surface area contributed by atoms with Gasteiger partial charge in [-0.25, -0.2) is 4.68 Å². The summed E-state index contributed by atoms with van der Waals surface area (Å²) in [6.45, 7) is 6.84. The van der Waals surface area contributed by atoms with Crippen LogP contribution < -0.4 is 14.4 Å². The number of halogens is 2. The Morgan fingerprint density at radius 3 is 2.62 bits per heavy atom. The number of aromatic nitrogens is 4.